The third-order valence-corrected chi connectivity index (χ3v) is 4.79. The Hall–Kier alpha value is -2.87. The summed E-state index contributed by atoms with van der Waals surface area (Å²) in [5.41, 5.74) is 2.64. The van der Waals surface area contributed by atoms with Crippen LogP contribution in [0, 0.1) is 13.8 Å². The molecule has 1 fully saturated rings. The zero-order chi connectivity index (χ0) is 20.8. The fraction of sp³-hybridized carbons (Fsp3) is 0.476. The second-order valence-electron chi connectivity index (χ2n) is 7.68. The number of nitrogens with one attached hydrogen (secondary N) is 1. The molecule has 8 heteroatoms. The first kappa shape index (κ1) is 20.9. The lowest BCUT2D eigenvalue weighted by atomic mass is 9.94. The van der Waals surface area contributed by atoms with E-state index in [-0.39, 0.29) is 11.8 Å². The van der Waals surface area contributed by atoms with Crippen molar-refractivity contribution in [2.45, 2.75) is 32.6 Å². The molecule has 1 amide bonds. The van der Waals surface area contributed by atoms with Gasteiger partial charge >= 0.3 is 0 Å². The number of hydrogen-bond donors (Lipinski definition) is 1. The minimum Gasteiger partial charge on any atom is -0.338 e. The molecule has 0 aromatic carbocycles. The minimum atomic E-state index is 0.0487. The van der Waals surface area contributed by atoms with Crippen LogP contribution in [0.3, 0.4) is 0 Å². The van der Waals surface area contributed by atoms with Gasteiger partial charge in [0.25, 0.3) is 0 Å². The zero-order valence-corrected chi connectivity index (χ0v) is 17.6. The zero-order valence-electron chi connectivity index (χ0n) is 17.6. The van der Waals surface area contributed by atoms with Gasteiger partial charge in [0.05, 0.1) is 5.69 Å². The van der Waals surface area contributed by atoms with E-state index < -0.39 is 0 Å². The molecular formula is C21H29N7O. The van der Waals surface area contributed by atoms with E-state index >= 15 is 0 Å². The van der Waals surface area contributed by atoms with E-state index in [1.165, 1.54) is 0 Å². The SMILES string of the molecule is Cc1cc(C)nc(Nc2nccnc2C2CCCN(C(=O)/C=C/CN(C)C)C2)n1. The lowest BCUT2D eigenvalue weighted by Gasteiger charge is -2.32. The number of likely N-dealkylation sites (tertiary alicyclic amines) is 1. The lowest BCUT2D eigenvalue weighted by Crippen LogP contribution is -2.38. The predicted octanol–water partition coefficient (Wildman–Crippen LogP) is 2.45. The number of rotatable bonds is 6. The molecule has 154 valence electrons. The molecule has 2 aromatic heterocycles. The standard InChI is InChI=1S/C21H29N7O/c1-15-13-16(2)25-21(24-15)26-20-19(22-9-10-23-20)17-7-5-12-28(14-17)18(29)8-6-11-27(3)4/h6,8-10,13,17H,5,7,11-12,14H2,1-4H3,(H,23,24,25,26)/b8-6+. The monoisotopic (exact) mass is 395 g/mol. The quantitative estimate of drug-likeness (QED) is 0.752. The van der Waals surface area contributed by atoms with E-state index in [1.54, 1.807) is 18.5 Å². The van der Waals surface area contributed by atoms with Crippen molar-refractivity contribution in [2.75, 3.05) is 39.0 Å². The first-order valence-corrected chi connectivity index (χ1v) is 9.92. The van der Waals surface area contributed by atoms with Crippen molar-refractivity contribution in [2.24, 2.45) is 0 Å². The number of nitrogens with zero attached hydrogens (tertiary/aromatic N) is 6. The van der Waals surface area contributed by atoms with E-state index in [4.69, 9.17) is 0 Å². The van der Waals surface area contributed by atoms with Gasteiger partial charge in [0.2, 0.25) is 11.9 Å². The molecular weight excluding hydrogens is 366 g/mol. The minimum absolute atomic E-state index is 0.0487. The van der Waals surface area contributed by atoms with Crippen molar-refractivity contribution in [3.05, 3.63) is 47.7 Å². The fourth-order valence-corrected chi connectivity index (χ4v) is 3.50. The summed E-state index contributed by atoms with van der Waals surface area (Å²) in [5, 5.41) is 3.22. The van der Waals surface area contributed by atoms with Gasteiger partial charge in [-0.25, -0.2) is 15.0 Å². The Morgan fingerprint density at radius 2 is 1.97 bits per heavy atom. The van der Waals surface area contributed by atoms with Crippen LogP contribution in [0.2, 0.25) is 0 Å². The van der Waals surface area contributed by atoms with Crippen LogP contribution in [0.4, 0.5) is 11.8 Å². The van der Waals surface area contributed by atoms with E-state index in [1.807, 2.05) is 49.9 Å². The number of amides is 1. The number of carbonyl (C=O) groups is 1. The Balaban J connectivity index is 1.75. The third kappa shape index (κ3) is 5.80. The van der Waals surface area contributed by atoms with Crippen LogP contribution in [0.25, 0.3) is 0 Å². The number of hydrogen-bond acceptors (Lipinski definition) is 7. The highest BCUT2D eigenvalue weighted by molar-refractivity contribution is 5.87. The summed E-state index contributed by atoms with van der Waals surface area (Å²) in [5.74, 6) is 1.34. The molecule has 2 aromatic rings. The van der Waals surface area contributed by atoms with Crippen LogP contribution >= 0.6 is 0 Å². The number of piperidine rings is 1. The normalized spacial score (nSPS) is 17.1. The van der Waals surface area contributed by atoms with E-state index in [2.05, 4.69) is 25.3 Å². The van der Waals surface area contributed by atoms with Crippen molar-refractivity contribution in [1.29, 1.82) is 0 Å². The van der Waals surface area contributed by atoms with Crippen molar-refractivity contribution < 1.29 is 4.79 Å². The molecule has 3 heterocycles. The van der Waals surface area contributed by atoms with Gasteiger partial charge in [-0.15, -0.1) is 0 Å². The highest BCUT2D eigenvalue weighted by atomic mass is 16.2. The van der Waals surface area contributed by atoms with Crippen LogP contribution in [0.5, 0.6) is 0 Å². The Morgan fingerprint density at radius 3 is 2.69 bits per heavy atom. The molecule has 1 N–H and O–H groups in total. The maximum absolute atomic E-state index is 12.6. The smallest absolute Gasteiger partial charge is 0.246 e. The van der Waals surface area contributed by atoms with Gasteiger partial charge in [0.1, 0.15) is 0 Å². The van der Waals surface area contributed by atoms with Gasteiger partial charge in [-0.1, -0.05) is 6.08 Å². The Bertz CT molecular complexity index is 861. The Kier molecular flexibility index (Phi) is 6.87. The van der Waals surface area contributed by atoms with Gasteiger partial charge in [-0.05, 0) is 46.9 Å². The van der Waals surface area contributed by atoms with Gasteiger partial charge < -0.3 is 15.1 Å². The maximum Gasteiger partial charge on any atom is 0.246 e. The number of aryl methyl sites for hydroxylation is 2. The molecule has 0 aliphatic carbocycles. The fourth-order valence-electron chi connectivity index (χ4n) is 3.50. The Labute approximate surface area is 172 Å². The molecule has 0 radical (unpaired) electrons. The predicted molar refractivity (Wildman–Crippen MR) is 113 cm³/mol. The van der Waals surface area contributed by atoms with Crippen LogP contribution in [-0.2, 0) is 4.79 Å². The summed E-state index contributed by atoms with van der Waals surface area (Å²) >= 11 is 0. The average Bonchev–Trinajstić information content (AvgIpc) is 2.67. The molecule has 1 aliphatic heterocycles. The van der Waals surface area contributed by atoms with E-state index in [0.29, 0.717) is 18.3 Å². The highest BCUT2D eigenvalue weighted by Gasteiger charge is 2.27. The van der Waals surface area contributed by atoms with Crippen molar-refractivity contribution in [3.63, 3.8) is 0 Å². The highest BCUT2D eigenvalue weighted by Crippen LogP contribution is 2.30. The number of aromatic nitrogens is 4. The molecule has 0 spiro atoms. The molecule has 29 heavy (non-hydrogen) atoms. The van der Waals surface area contributed by atoms with Crippen molar-refractivity contribution in [3.8, 4) is 0 Å². The summed E-state index contributed by atoms with van der Waals surface area (Å²) in [6.45, 7) is 6.02. The van der Waals surface area contributed by atoms with Gasteiger partial charge in [-0.3, -0.25) is 9.78 Å². The van der Waals surface area contributed by atoms with Crippen LogP contribution in [0.15, 0.2) is 30.6 Å². The summed E-state index contributed by atoms with van der Waals surface area (Å²) in [4.78, 5) is 34.4. The number of likely N-dealkylation sites (N-methyl/N-ethyl adjacent to an activating group) is 1. The molecule has 1 aliphatic rings. The van der Waals surface area contributed by atoms with Gasteiger partial charge in [0.15, 0.2) is 5.82 Å². The maximum atomic E-state index is 12.6. The topological polar surface area (TPSA) is 87.1 Å². The van der Waals surface area contributed by atoms with E-state index in [9.17, 15) is 4.79 Å². The second-order valence-corrected chi connectivity index (χ2v) is 7.68. The number of carbonyl (C=O) groups excluding carboxylic acids is 1. The van der Waals surface area contributed by atoms with Crippen LogP contribution in [0.1, 0.15) is 35.8 Å². The summed E-state index contributed by atoms with van der Waals surface area (Å²) in [7, 11) is 3.96. The van der Waals surface area contributed by atoms with Crippen LogP contribution in [-0.4, -0.2) is 69.4 Å². The largest absolute Gasteiger partial charge is 0.338 e. The summed E-state index contributed by atoms with van der Waals surface area (Å²) < 4.78 is 0. The molecule has 0 saturated carbocycles. The summed E-state index contributed by atoms with van der Waals surface area (Å²) in [6.07, 6.45) is 8.82. The third-order valence-electron chi connectivity index (χ3n) is 4.79. The molecule has 8 nitrogen and oxygen atoms in total. The molecule has 3 rings (SSSR count). The molecule has 1 unspecified atom stereocenters. The Morgan fingerprint density at radius 1 is 1.24 bits per heavy atom. The molecule has 1 saturated heterocycles. The second kappa shape index (κ2) is 9.56. The first-order valence-electron chi connectivity index (χ1n) is 9.92. The average molecular weight is 396 g/mol. The first-order chi connectivity index (χ1) is 13.9. The van der Waals surface area contributed by atoms with Crippen LogP contribution < -0.4 is 5.32 Å². The lowest BCUT2D eigenvalue weighted by molar-refractivity contribution is -0.127. The summed E-state index contributed by atoms with van der Waals surface area (Å²) in [6, 6.07) is 1.93. The van der Waals surface area contributed by atoms with Gasteiger partial charge in [-0.2, -0.15) is 0 Å². The molecule has 0 bridgehead atoms. The van der Waals surface area contributed by atoms with Crippen molar-refractivity contribution in [1.82, 2.24) is 29.7 Å². The van der Waals surface area contributed by atoms with Crippen molar-refractivity contribution >= 4 is 17.7 Å². The van der Waals surface area contributed by atoms with E-state index in [0.717, 1.165) is 43.0 Å². The number of anilines is 2. The molecule has 1 atom stereocenters. The van der Waals surface area contributed by atoms with Gasteiger partial charge in [0, 0.05) is 55.4 Å².